The van der Waals surface area contributed by atoms with E-state index in [9.17, 15) is 0 Å². The first-order valence-corrected chi connectivity index (χ1v) is 10.1. The monoisotopic (exact) mass is 302 g/mol. The normalized spacial score (nSPS) is 32.4. The third-order valence-electron chi connectivity index (χ3n) is 4.88. The summed E-state index contributed by atoms with van der Waals surface area (Å²) >= 11 is 4.35. The van der Waals surface area contributed by atoms with E-state index in [0.29, 0.717) is 5.54 Å². The van der Waals surface area contributed by atoms with Crippen LogP contribution in [0.15, 0.2) is 0 Å². The Bertz CT molecular complexity index is 263. The fourth-order valence-electron chi connectivity index (χ4n) is 3.28. The minimum atomic E-state index is 0.373. The molecule has 2 unspecified atom stereocenters. The summed E-state index contributed by atoms with van der Waals surface area (Å²) in [7, 11) is 0. The lowest BCUT2D eigenvalue weighted by atomic mass is 9.88. The maximum absolute atomic E-state index is 3.85. The summed E-state index contributed by atoms with van der Waals surface area (Å²) < 4.78 is 0. The van der Waals surface area contributed by atoms with Crippen LogP contribution < -0.4 is 5.32 Å². The third-order valence-corrected chi connectivity index (χ3v) is 7.71. The summed E-state index contributed by atoms with van der Waals surface area (Å²) in [5.74, 6) is 4.06. The van der Waals surface area contributed by atoms with Gasteiger partial charge in [-0.05, 0) is 19.3 Å². The van der Waals surface area contributed by atoms with Crippen LogP contribution in [0.3, 0.4) is 0 Å². The van der Waals surface area contributed by atoms with Crippen molar-refractivity contribution in [2.75, 3.05) is 36.9 Å². The predicted molar refractivity (Wildman–Crippen MR) is 90.5 cm³/mol. The molecule has 112 valence electrons. The van der Waals surface area contributed by atoms with Gasteiger partial charge in [0, 0.05) is 53.7 Å². The van der Waals surface area contributed by atoms with Crippen LogP contribution in [-0.4, -0.2) is 58.6 Å². The number of thioether (sulfide) groups is 2. The van der Waals surface area contributed by atoms with E-state index in [1.165, 1.54) is 56.2 Å². The Morgan fingerprint density at radius 1 is 1.21 bits per heavy atom. The van der Waals surface area contributed by atoms with Crippen molar-refractivity contribution in [3.8, 4) is 0 Å². The van der Waals surface area contributed by atoms with Crippen LogP contribution in [0.1, 0.15) is 40.0 Å². The van der Waals surface area contributed by atoms with Gasteiger partial charge in [-0.3, -0.25) is 4.90 Å². The second-order valence-corrected chi connectivity index (χ2v) is 8.49. The Morgan fingerprint density at radius 2 is 2.00 bits per heavy atom. The highest BCUT2D eigenvalue weighted by molar-refractivity contribution is 8.06. The molecule has 2 aliphatic heterocycles. The quantitative estimate of drug-likeness (QED) is 0.839. The van der Waals surface area contributed by atoms with E-state index in [1.807, 2.05) is 0 Å². The van der Waals surface area contributed by atoms with Crippen molar-refractivity contribution in [1.29, 1.82) is 0 Å². The molecule has 0 spiro atoms. The molecule has 2 nitrogen and oxygen atoms in total. The predicted octanol–water partition coefficient (Wildman–Crippen LogP) is 3.08. The highest BCUT2D eigenvalue weighted by Crippen LogP contribution is 2.29. The number of nitrogens with zero attached hydrogens (tertiary/aromatic N) is 1. The summed E-state index contributed by atoms with van der Waals surface area (Å²) in [6, 6.07) is 0.749. The first-order valence-electron chi connectivity index (χ1n) is 7.91. The molecule has 2 atom stereocenters. The van der Waals surface area contributed by atoms with Crippen LogP contribution in [0, 0.1) is 0 Å². The van der Waals surface area contributed by atoms with Gasteiger partial charge in [0.2, 0.25) is 0 Å². The molecular weight excluding hydrogens is 272 g/mol. The van der Waals surface area contributed by atoms with Crippen LogP contribution in [0.4, 0.5) is 0 Å². The largest absolute Gasteiger partial charge is 0.308 e. The van der Waals surface area contributed by atoms with E-state index in [4.69, 9.17) is 0 Å². The standard InChI is InChI=1S/C15H30N2S2/c1-4-13-9-16-15(5-2,6-3)12-17(13)10-14-11-18-7-8-19-14/h13-14,16H,4-12H2,1-3H3. The summed E-state index contributed by atoms with van der Waals surface area (Å²) in [4.78, 5) is 2.80. The van der Waals surface area contributed by atoms with Crippen molar-refractivity contribution >= 4 is 23.5 Å². The van der Waals surface area contributed by atoms with Crippen LogP contribution in [0.2, 0.25) is 0 Å². The molecular formula is C15H30N2S2. The fourth-order valence-corrected chi connectivity index (χ4v) is 5.98. The highest BCUT2D eigenvalue weighted by Gasteiger charge is 2.36. The Kier molecular flexibility index (Phi) is 6.38. The molecule has 1 N–H and O–H groups in total. The maximum Gasteiger partial charge on any atom is 0.0304 e. The van der Waals surface area contributed by atoms with Gasteiger partial charge in [-0.2, -0.15) is 23.5 Å². The van der Waals surface area contributed by atoms with Gasteiger partial charge in [-0.25, -0.2) is 0 Å². The van der Waals surface area contributed by atoms with E-state index in [1.54, 1.807) is 0 Å². The molecule has 0 amide bonds. The second-order valence-electron chi connectivity index (χ2n) is 5.93. The van der Waals surface area contributed by atoms with E-state index in [2.05, 4.69) is 54.5 Å². The molecule has 0 aromatic rings. The number of hydrogen-bond donors (Lipinski definition) is 1. The average molecular weight is 303 g/mol. The molecule has 2 fully saturated rings. The zero-order valence-corrected chi connectivity index (χ0v) is 14.4. The topological polar surface area (TPSA) is 15.3 Å². The van der Waals surface area contributed by atoms with Crippen LogP contribution in [-0.2, 0) is 0 Å². The minimum Gasteiger partial charge on any atom is -0.308 e. The summed E-state index contributed by atoms with van der Waals surface area (Å²) in [5, 5.41) is 4.71. The van der Waals surface area contributed by atoms with Crippen molar-refractivity contribution in [3.05, 3.63) is 0 Å². The first-order chi connectivity index (χ1) is 9.23. The van der Waals surface area contributed by atoms with Crippen molar-refractivity contribution in [2.24, 2.45) is 0 Å². The second kappa shape index (κ2) is 7.58. The molecule has 0 bridgehead atoms. The van der Waals surface area contributed by atoms with E-state index in [0.717, 1.165) is 11.3 Å². The molecule has 0 radical (unpaired) electrons. The number of hydrogen-bond acceptors (Lipinski definition) is 4. The van der Waals surface area contributed by atoms with Crippen molar-refractivity contribution < 1.29 is 0 Å². The van der Waals surface area contributed by atoms with Gasteiger partial charge in [0.25, 0.3) is 0 Å². The van der Waals surface area contributed by atoms with Crippen molar-refractivity contribution in [1.82, 2.24) is 10.2 Å². The van der Waals surface area contributed by atoms with E-state index >= 15 is 0 Å². The van der Waals surface area contributed by atoms with Gasteiger partial charge in [-0.15, -0.1) is 0 Å². The Balaban J connectivity index is 1.96. The third kappa shape index (κ3) is 4.05. The molecule has 2 aliphatic rings. The number of nitrogens with one attached hydrogen (secondary N) is 1. The van der Waals surface area contributed by atoms with Gasteiger partial charge in [-0.1, -0.05) is 20.8 Å². The lowest BCUT2D eigenvalue weighted by molar-refractivity contribution is 0.0721. The Labute approximate surface area is 127 Å². The number of piperazine rings is 1. The molecule has 2 saturated heterocycles. The molecule has 0 aromatic carbocycles. The van der Waals surface area contributed by atoms with Gasteiger partial charge in [0.15, 0.2) is 0 Å². The molecule has 2 heterocycles. The first kappa shape index (κ1) is 16.0. The molecule has 4 heteroatoms. The Hall–Kier alpha value is 0.620. The van der Waals surface area contributed by atoms with E-state index < -0.39 is 0 Å². The van der Waals surface area contributed by atoms with Gasteiger partial charge in [0.1, 0.15) is 0 Å². The van der Waals surface area contributed by atoms with Crippen molar-refractivity contribution in [2.45, 2.75) is 56.9 Å². The highest BCUT2D eigenvalue weighted by atomic mass is 32.2. The average Bonchev–Trinajstić information content (AvgIpc) is 2.48. The molecule has 0 saturated carbocycles. The zero-order valence-electron chi connectivity index (χ0n) is 12.8. The summed E-state index contributed by atoms with van der Waals surface area (Å²) in [6.45, 7) is 10.8. The maximum atomic E-state index is 3.85. The number of rotatable bonds is 5. The fraction of sp³-hybridized carbons (Fsp3) is 1.00. The van der Waals surface area contributed by atoms with Crippen LogP contribution >= 0.6 is 23.5 Å². The van der Waals surface area contributed by atoms with Crippen molar-refractivity contribution in [3.63, 3.8) is 0 Å². The summed E-state index contributed by atoms with van der Waals surface area (Å²) in [6.07, 6.45) is 3.78. The van der Waals surface area contributed by atoms with Gasteiger partial charge < -0.3 is 5.32 Å². The Morgan fingerprint density at radius 3 is 2.58 bits per heavy atom. The van der Waals surface area contributed by atoms with Crippen LogP contribution in [0.5, 0.6) is 0 Å². The SMILES string of the molecule is CCC1CNC(CC)(CC)CN1CC1CSCCS1. The lowest BCUT2D eigenvalue weighted by Crippen LogP contribution is -2.64. The molecule has 19 heavy (non-hydrogen) atoms. The molecule has 2 rings (SSSR count). The van der Waals surface area contributed by atoms with E-state index in [-0.39, 0.29) is 0 Å². The zero-order chi connectivity index (χ0) is 13.7. The van der Waals surface area contributed by atoms with Gasteiger partial charge >= 0.3 is 0 Å². The smallest absolute Gasteiger partial charge is 0.0304 e. The van der Waals surface area contributed by atoms with Gasteiger partial charge in [0.05, 0.1) is 0 Å². The minimum absolute atomic E-state index is 0.373. The molecule has 0 aliphatic carbocycles. The summed E-state index contributed by atoms with van der Waals surface area (Å²) in [5.41, 5.74) is 0.373. The lowest BCUT2D eigenvalue weighted by Gasteiger charge is -2.48. The molecule has 0 aromatic heterocycles. The van der Waals surface area contributed by atoms with Crippen LogP contribution in [0.25, 0.3) is 0 Å².